The van der Waals surface area contributed by atoms with E-state index in [2.05, 4.69) is 100 Å². The van der Waals surface area contributed by atoms with Crippen molar-refractivity contribution in [3.05, 3.63) is 121 Å². The van der Waals surface area contributed by atoms with E-state index in [1.54, 1.807) is 0 Å². The monoisotopic (exact) mass is 485 g/mol. The Morgan fingerprint density at radius 1 is 0.757 bits per heavy atom. The lowest BCUT2D eigenvalue weighted by Gasteiger charge is -2.15. The minimum atomic E-state index is 0.642. The van der Waals surface area contributed by atoms with E-state index < -0.39 is 0 Å². The highest BCUT2D eigenvalue weighted by atomic mass is 16.5. The van der Waals surface area contributed by atoms with Gasteiger partial charge in [0.15, 0.2) is 0 Å². The second-order valence-corrected chi connectivity index (χ2v) is 9.00. The molecule has 0 saturated carbocycles. The first-order valence-electron chi connectivity index (χ1n) is 12.6. The van der Waals surface area contributed by atoms with Crippen molar-refractivity contribution in [1.29, 1.82) is 0 Å². The lowest BCUT2D eigenvalue weighted by Crippen LogP contribution is -2.07. The second-order valence-electron chi connectivity index (χ2n) is 9.00. The smallest absolute Gasteiger partial charge is 0.119 e. The minimum Gasteiger partial charge on any atom is -0.494 e. The maximum absolute atomic E-state index is 5.71. The average Bonchev–Trinajstić information content (AvgIpc) is 3.33. The first-order valence-corrected chi connectivity index (χ1v) is 12.6. The number of benzene rings is 4. The van der Waals surface area contributed by atoms with Gasteiger partial charge in [-0.1, -0.05) is 60.7 Å². The van der Waals surface area contributed by atoms with Crippen molar-refractivity contribution < 1.29 is 4.74 Å². The Morgan fingerprint density at radius 3 is 1.97 bits per heavy atom. The Balaban J connectivity index is 1.69. The van der Waals surface area contributed by atoms with E-state index >= 15 is 0 Å². The molecule has 0 fully saturated rings. The molecule has 0 spiro atoms. The summed E-state index contributed by atoms with van der Waals surface area (Å²) in [6.07, 6.45) is 1.98. The van der Waals surface area contributed by atoms with E-state index in [1.807, 2.05) is 51.5 Å². The molecule has 184 valence electrons. The molecule has 0 saturated heterocycles. The average molecular weight is 486 g/mol. The van der Waals surface area contributed by atoms with E-state index in [1.165, 1.54) is 0 Å². The molecular formula is C33H31N3O. The van der Waals surface area contributed by atoms with Crippen LogP contribution >= 0.6 is 0 Å². The van der Waals surface area contributed by atoms with Gasteiger partial charge in [0.2, 0.25) is 0 Å². The number of ether oxygens (including phenoxy) is 1. The first-order chi connectivity index (χ1) is 18.1. The van der Waals surface area contributed by atoms with Crippen LogP contribution in [0.4, 0.5) is 11.4 Å². The van der Waals surface area contributed by atoms with Gasteiger partial charge in [0.05, 0.1) is 23.7 Å². The number of hydrogen-bond acceptors (Lipinski definition) is 3. The zero-order chi connectivity index (χ0) is 25.6. The van der Waals surface area contributed by atoms with Crippen molar-refractivity contribution in [2.45, 2.75) is 6.92 Å². The van der Waals surface area contributed by atoms with Crippen LogP contribution in [0.2, 0.25) is 0 Å². The third kappa shape index (κ3) is 5.34. The predicted molar refractivity (Wildman–Crippen MR) is 156 cm³/mol. The molecule has 0 aliphatic carbocycles. The topological polar surface area (TPSA) is 29.8 Å². The zero-order valence-corrected chi connectivity index (χ0v) is 21.5. The van der Waals surface area contributed by atoms with Crippen LogP contribution in [0.1, 0.15) is 12.5 Å². The van der Waals surface area contributed by atoms with Crippen molar-refractivity contribution in [2.75, 3.05) is 25.6 Å². The molecule has 0 radical (unpaired) electrons. The Kier molecular flexibility index (Phi) is 7.18. The fourth-order valence-corrected chi connectivity index (χ4v) is 4.45. The molecule has 1 aromatic heterocycles. The van der Waals surface area contributed by atoms with Gasteiger partial charge in [0.1, 0.15) is 5.75 Å². The number of nitrogens with zero attached hydrogens (tertiary/aromatic N) is 3. The highest BCUT2D eigenvalue weighted by molar-refractivity contribution is 5.94. The predicted octanol–water partition coefficient (Wildman–Crippen LogP) is 8.03. The summed E-state index contributed by atoms with van der Waals surface area (Å²) in [4.78, 5) is 6.95. The van der Waals surface area contributed by atoms with Crippen molar-refractivity contribution in [1.82, 2.24) is 4.57 Å². The summed E-state index contributed by atoms with van der Waals surface area (Å²) in [5.74, 6) is 0.865. The van der Waals surface area contributed by atoms with Gasteiger partial charge in [0.25, 0.3) is 0 Å². The van der Waals surface area contributed by atoms with Gasteiger partial charge in [0, 0.05) is 37.2 Å². The van der Waals surface area contributed by atoms with Crippen LogP contribution in [0.3, 0.4) is 0 Å². The molecule has 0 amide bonds. The number of aromatic nitrogens is 1. The third-order valence-corrected chi connectivity index (χ3v) is 6.27. The van der Waals surface area contributed by atoms with Crippen LogP contribution in [0.25, 0.3) is 28.2 Å². The summed E-state index contributed by atoms with van der Waals surface area (Å²) < 4.78 is 8.03. The maximum Gasteiger partial charge on any atom is 0.119 e. The fraction of sp³-hybridized carbons (Fsp3) is 0.121. The molecular weight excluding hydrogens is 454 g/mol. The number of rotatable bonds is 8. The summed E-state index contributed by atoms with van der Waals surface area (Å²) in [5, 5.41) is 0. The first kappa shape index (κ1) is 24.1. The molecule has 0 aliphatic heterocycles. The van der Waals surface area contributed by atoms with Gasteiger partial charge in [-0.05, 0) is 72.6 Å². The van der Waals surface area contributed by atoms with Crippen molar-refractivity contribution in [3.8, 4) is 34.0 Å². The maximum atomic E-state index is 5.71. The van der Waals surface area contributed by atoms with E-state index in [0.717, 1.165) is 50.9 Å². The molecule has 4 nitrogen and oxygen atoms in total. The molecule has 5 aromatic rings. The van der Waals surface area contributed by atoms with Gasteiger partial charge < -0.3 is 14.2 Å². The molecule has 0 N–H and O–H groups in total. The molecule has 0 atom stereocenters. The fourth-order valence-electron chi connectivity index (χ4n) is 4.45. The van der Waals surface area contributed by atoms with E-state index in [9.17, 15) is 0 Å². The second kappa shape index (κ2) is 11.0. The molecule has 5 rings (SSSR count). The van der Waals surface area contributed by atoms with E-state index in [4.69, 9.17) is 9.73 Å². The van der Waals surface area contributed by atoms with Crippen molar-refractivity contribution in [2.24, 2.45) is 4.99 Å². The highest BCUT2D eigenvalue weighted by Crippen LogP contribution is 2.36. The SMILES string of the molecule is CCOc1ccc(-n2c(-c3ccccc3)cc(C=Nc3ccc(N(C)C)cc3)c2-c2ccccc2)cc1. The van der Waals surface area contributed by atoms with E-state index in [-0.39, 0.29) is 0 Å². The normalized spacial score (nSPS) is 11.1. The Labute approximate surface area is 219 Å². The Bertz CT molecular complexity index is 1470. The van der Waals surface area contributed by atoms with Crippen LogP contribution in [0.5, 0.6) is 5.75 Å². The standard InChI is InChI=1S/C33H31N3O/c1-4-37-31-21-19-30(20-22-31)36-32(25-11-7-5-8-12-25)23-27(33(36)26-13-9-6-10-14-26)24-34-28-15-17-29(18-16-28)35(2)3/h5-24H,4H2,1-3H3. The molecule has 0 bridgehead atoms. The molecule has 0 unspecified atom stereocenters. The minimum absolute atomic E-state index is 0.642. The highest BCUT2D eigenvalue weighted by Gasteiger charge is 2.18. The quantitative estimate of drug-likeness (QED) is 0.208. The zero-order valence-electron chi connectivity index (χ0n) is 21.5. The van der Waals surface area contributed by atoms with Crippen molar-refractivity contribution >= 4 is 17.6 Å². The van der Waals surface area contributed by atoms with Crippen molar-refractivity contribution in [3.63, 3.8) is 0 Å². The van der Waals surface area contributed by atoms with Crippen LogP contribution in [0.15, 0.2) is 120 Å². The molecule has 4 heteroatoms. The van der Waals surface area contributed by atoms with Gasteiger partial charge in [-0.25, -0.2) is 0 Å². The Morgan fingerprint density at radius 2 is 1.38 bits per heavy atom. The third-order valence-electron chi connectivity index (χ3n) is 6.27. The summed E-state index contributed by atoms with van der Waals surface area (Å²) in [6.45, 7) is 2.64. The van der Waals surface area contributed by atoms with Gasteiger partial charge in [-0.2, -0.15) is 0 Å². The Hall–Kier alpha value is -4.57. The molecule has 0 aliphatic rings. The number of hydrogen-bond donors (Lipinski definition) is 0. The summed E-state index contributed by atoms with van der Waals surface area (Å²) >= 11 is 0. The molecule has 37 heavy (non-hydrogen) atoms. The van der Waals surface area contributed by atoms with Gasteiger partial charge >= 0.3 is 0 Å². The summed E-state index contributed by atoms with van der Waals surface area (Å²) in [6, 6.07) is 39.8. The lowest BCUT2D eigenvalue weighted by molar-refractivity contribution is 0.340. The lowest BCUT2D eigenvalue weighted by atomic mass is 10.1. The number of aliphatic imine (C=N–C) groups is 1. The summed E-state index contributed by atoms with van der Waals surface area (Å²) in [7, 11) is 4.08. The molecule has 4 aromatic carbocycles. The van der Waals surface area contributed by atoms with Crippen LogP contribution in [-0.2, 0) is 0 Å². The van der Waals surface area contributed by atoms with Crippen LogP contribution in [-0.4, -0.2) is 31.5 Å². The largest absolute Gasteiger partial charge is 0.494 e. The summed E-state index contributed by atoms with van der Waals surface area (Å²) in [5.41, 5.74) is 8.65. The van der Waals surface area contributed by atoms with Crippen LogP contribution in [0, 0.1) is 0 Å². The number of anilines is 1. The van der Waals surface area contributed by atoms with Crippen LogP contribution < -0.4 is 9.64 Å². The molecule has 1 heterocycles. The van der Waals surface area contributed by atoms with Gasteiger partial charge in [-0.15, -0.1) is 0 Å². The van der Waals surface area contributed by atoms with Gasteiger partial charge in [-0.3, -0.25) is 4.99 Å². The van der Waals surface area contributed by atoms with E-state index in [0.29, 0.717) is 6.61 Å².